The maximum absolute atomic E-state index is 13.9. The number of hydrogen-bond acceptors (Lipinski definition) is 6. The SMILES string of the molecule is O=C(NCCCn1ccnc1)Nc1snc(OCc2c(F)cc(Cl)cc2F)c1C(=O)O. The highest BCUT2D eigenvalue weighted by atomic mass is 35.5. The van der Waals surface area contributed by atoms with Gasteiger partial charge in [0.25, 0.3) is 0 Å². The topological polar surface area (TPSA) is 118 Å². The molecule has 2 amide bonds. The third-order valence-electron chi connectivity index (χ3n) is 4.00. The summed E-state index contributed by atoms with van der Waals surface area (Å²) < 4.78 is 38.6. The smallest absolute Gasteiger partial charge is 0.344 e. The lowest BCUT2D eigenvalue weighted by molar-refractivity contribution is 0.0693. The van der Waals surface area contributed by atoms with Gasteiger partial charge in [-0.2, -0.15) is 4.37 Å². The van der Waals surface area contributed by atoms with Crippen LogP contribution in [0.15, 0.2) is 30.9 Å². The van der Waals surface area contributed by atoms with Crippen molar-refractivity contribution in [3.8, 4) is 5.88 Å². The molecule has 0 spiro atoms. The largest absolute Gasteiger partial charge is 0.477 e. The molecule has 2 heterocycles. The van der Waals surface area contributed by atoms with Crippen molar-refractivity contribution in [2.24, 2.45) is 0 Å². The summed E-state index contributed by atoms with van der Waals surface area (Å²) in [5.74, 6) is -3.67. The predicted molar refractivity (Wildman–Crippen MR) is 109 cm³/mol. The van der Waals surface area contributed by atoms with Gasteiger partial charge in [-0.05, 0) is 30.1 Å². The monoisotopic (exact) mass is 471 g/mol. The molecule has 1 aromatic carbocycles. The highest BCUT2D eigenvalue weighted by molar-refractivity contribution is 7.11. The maximum atomic E-state index is 13.9. The Kier molecular flexibility index (Phi) is 7.36. The second-order valence-corrected chi connectivity index (χ2v) is 7.38. The Balaban J connectivity index is 1.59. The number of urea groups is 1. The first-order valence-corrected chi connectivity index (χ1v) is 10.00. The molecule has 164 valence electrons. The Morgan fingerprint density at radius 1 is 1.29 bits per heavy atom. The number of benzene rings is 1. The van der Waals surface area contributed by atoms with Crippen molar-refractivity contribution in [2.45, 2.75) is 19.6 Å². The van der Waals surface area contributed by atoms with Crippen LogP contribution in [0.2, 0.25) is 5.02 Å². The molecule has 0 aliphatic carbocycles. The van der Waals surface area contributed by atoms with Crippen LogP contribution in [0.1, 0.15) is 22.3 Å². The van der Waals surface area contributed by atoms with E-state index in [1.165, 1.54) is 0 Å². The Hall–Kier alpha value is -3.25. The highest BCUT2D eigenvalue weighted by Gasteiger charge is 2.24. The molecule has 0 bridgehead atoms. The lowest BCUT2D eigenvalue weighted by Crippen LogP contribution is -2.30. The molecule has 0 unspecified atom stereocenters. The number of ether oxygens (including phenoxy) is 1. The van der Waals surface area contributed by atoms with Crippen LogP contribution in [-0.4, -0.2) is 37.6 Å². The van der Waals surface area contributed by atoms with Gasteiger partial charge in [-0.25, -0.2) is 23.4 Å². The fourth-order valence-corrected chi connectivity index (χ4v) is 3.44. The van der Waals surface area contributed by atoms with E-state index in [0.29, 0.717) is 31.0 Å². The van der Waals surface area contributed by atoms with Gasteiger partial charge in [0.05, 0.1) is 11.9 Å². The summed E-state index contributed by atoms with van der Waals surface area (Å²) in [5.41, 5.74) is -0.854. The van der Waals surface area contributed by atoms with E-state index in [4.69, 9.17) is 16.3 Å². The van der Waals surface area contributed by atoms with Crippen molar-refractivity contribution in [1.29, 1.82) is 0 Å². The number of aromatic carboxylic acids is 1. The Morgan fingerprint density at radius 3 is 2.68 bits per heavy atom. The zero-order valence-corrected chi connectivity index (χ0v) is 17.3. The first kappa shape index (κ1) is 22.4. The van der Waals surface area contributed by atoms with Gasteiger partial charge in [0, 0.05) is 30.5 Å². The summed E-state index contributed by atoms with van der Waals surface area (Å²) in [6, 6.07) is 1.19. The number of carboxylic acid groups (broad SMARTS) is 1. The number of carboxylic acids is 1. The first-order valence-electron chi connectivity index (χ1n) is 8.85. The number of nitrogens with one attached hydrogen (secondary N) is 2. The molecule has 0 aliphatic rings. The number of anilines is 1. The Bertz CT molecular complexity index is 1050. The molecular formula is C18H16ClF2N5O4S. The van der Waals surface area contributed by atoms with Gasteiger partial charge in [0.15, 0.2) is 5.56 Å². The molecule has 0 fully saturated rings. The van der Waals surface area contributed by atoms with Gasteiger partial charge in [-0.1, -0.05) is 11.6 Å². The molecular weight excluding hydrogens is 456 g/mol. The van der Waals surface area contributed by atoms with E-state index in [1.54, 1.807) is 18.7 Å². The van der Waals surface area contributed by atoms with Gasteiger partial charge >= 0.3 is 12.0 Å². The second-order valence-electron chi connectivity index (χ2n) is 6.17. The van der Waals surface area contributed by atoms with Crippen molar-refractivity contribution in [3.05, 3.63) is 58.6 Å². The van der Waals surface area contributed by atoms with Gasteiger partial charge in [0.2, 0.25) is 5.88 Å². The normalized spacial score (nSPS) is 10.7. The van der Waals surface area contributed by atoms with Crippen molar-refractivity contribution in [2.75, 3.05) is 11.9 Å². The summed E-state index contributed by atoms with van der Waals surface area (Å²) in [6.45, 7) is 0.374. The number of hydrogen-bond donors (Lipinski definition) is 3. The van der Waals surface area contributed by atoms with E-state index in [2.05, 4.69) is 20.0 Å². The van der Waals surface area contributed by atoms with Crippen molar-refractivity contribution < 1.29 is 28.2 Å². The molecule has 0 aliphatic heterocycles. The van der Waals surface area contributed by atoms with E-state index in [1.807, 2.05) is 4.57 Å². The molecule has 0 saturated heterocycles. The molecule has 3 rings (SSSR count). The van der Waals surface area contributed by atoms with E-state index in [0.717, 1.165) is 12.1 Å². The summed E-state index contributed by atoms with van der Waals surface area (Å²) in [4.78, 5) is 27.6. The number of imidazole rings is 1. The summed E-state index contributed by atoms with van der Waals surface area (Å²) >= 11 is 6.24. The third-order valence-corrected chi connectivity index (χ3v) is 4.96. The minimum atomic E-state index is -1.42. The lowest BCUT2D eigenvalue weighted by atomic mass is 10.2. The van der Waals surface area contributed by atoms with Crippen LogP contribution in [-0.2, 0) is 13.2 Å². The lowest BCUT2D eigenvalue weighted by Gasteiger charge is -2.09. The standard InChI is InChI=1S/C18H16ClF2N5O4S/c19-10-6-12(20)11(13(21)7-10)8-30-15-14(17(27)28)16(31-25-15)24-18(29)23-2-1-4-26-5-3-22-9-26/h3,5-7,9H,1-2,4,8H2,(H,27,28)(H2,23,24,29). The third kappa shape index (κ3) is 5.89. The van der Waals surface area contributed by atoms with Gasteiger partial charge in [0.1, 0.15) is 23.2 Å². The zero-order chi connectivity index (χ0) is 22.4. The van der Waals surface area contributed by atoms with Crippen LogP contribution in [0.3, 0.4) is 0 Å². The van der Waals surface area contributed by atoms with Crippen LogP contribution >= 0.6 is 23.1 Å². The number of carbonyl (C=O) groups is 2. The quantitative estimate of drug-likeness (QED) is 0.409. The number of rotatable bonds is 9. The van der Waals surface area contributed by atoms with Crippen LogP contribution in [0.4, 0.5) is 18.6 Å². The molecule has 31 heavy (non-hydrogen) atoms. The molecule has 13 heteroatoms. The van der Waals surface area contributed by atoms with Gasteiger partial charge < -0.3 is 19.7 Å². The van der Waals surface area contributed by atoms with Crippen LogP contribution in [0, 0.1) is 11.6 Å². The fourth-order valence-electron chi connectivity index (χ4n) is 2.53. The van der Waals surface area contributed by atoms with Crippen LogP contribution in [0.5, 0.6) is 5.88 Å². The van der Waals surface area contributed by atoms with Gasteiger partial charge in [-0.15, -0.1) is 0 Å². The highest BCUT2D eigenvalue weighted by Crippen LogP contribution is 2.31. The number of amides is 2. The van der Waals surface area contributed by atoms with Crippen molar-refractivity contribution >= 4 is 40.1 Å². The molecule has 9 nitrogen and oxygen atoms in total. The summed E-state index contributed by atoms with van der Waals surface area (Å²) in [7, 11) is 0. The first-order chi connectivity index (χ1) is 14.8. The summed E-state index contributed by atoms with van der Waals surface area (Å²) in [6.07, 6.45) is 5.72. The second kappa shape index (κ2) is 10.2. The number of aryl methyl sites for hydroxylation is 1. The Morgan fingerprint density at radius 2 is 2.03 bits per heavy atom. The van der Waals surface area contributed by atoms with Crippen molar-refractivity contribution in [3.63, 3.8) is 0 Å². The number of halogens is 3. The average molecular weight is 472 g/mol. The fraction of sp³-hybridized carbons (Fsp3) is 0.222. The number of nitrogens with zero attached hydrogens (tertiary/aromatic N) is 3. The van der Waals surface area contributed by atoms with Crippen molar-refractivity contribution in [1.82, 2.24) is 19.2 Å². The number of carbonyl (C=O) groups excluding carboxylic acids is 1. The van der Waals surface area contributed by atoms with Crippen LogP contribution in [0.25, 0.3) is 0 Å². The molecule has 0 atom stereocenters. The zero-order valence-electron chi connectivity index (χ0n) is 15.8. The van der Waals surface area contributed by atoms with E-state index in [-0.39, 0.29) is 15.9 Å². The predicted octanol–water partition coefficient (Wildman–Crippen LogP) is 3.76. The molecule has 2 aromatic heterocycles. The van der Waals surface area contributed by atoms with Gasteiger partial charge in [-0.3, -0.25) is 5.32 Å². The van der Waals surface area contributed by atoms with E-state index >= 15 is 0 Å². The molecule has 0 saturated carbocycles. The Labute approximate surface area is 183 Å². The molecule has 3 N–H and O–H groups in total. The summed E-state index contributed by atoms with van der Waals surface area (Å²) in [5, 5.41) is 14.2. The average Bonchev–Trinajstić information content (AvgIpc) is 3.34. The molecule has 0 radical (unpaired) electrons. The number of aromatic nitrogens is 3. The maximum Gasteiger partial charge on any atom is 0.344 e. The molecule has 3 aromatic rings. The van der Waals surface area contributed by atoms with Crippen LogP contribution < -0.4 is 15.4 Å². The van der Waals surface area contributed by atoms with E-state index in [9.17, 15) is 23.5 Å². The minimum Gasteiger partial charge on any atom is -0.477 e. The minimum absolute atomic E-state index is 0.0772. The van der Waals surface area contributed by atoms with E-state index < -0.39 is 41.4 Å².